The Hall–Kier alpha value is -2.00. The van der Waals surface area contributed by atoms with Gasteiger partial charge in [0, 0.05) is 21.7 Å². The Bertz CT molecular complexity index is 820. The Morgan fingerprint density at radius 3 is 1.91 bits per heavy atom. The third-order valence-electron chi connectivity index (χ3n) is 5.05. The topological polar surface area (TPSA) is 29.0 Å². The molecular weight excluding hydrogens is 282 g/mol. The van der Waals surface area contributed by atoms with Gasteiger partial charge < -0.3 is 5.43 Å². The van der Waals surface area contributed by atoms with Gasteiger partial charge in [-0.15, -0.1) is 0 Å². The highest BCUT2D eigenvalue weighted by atomic mass is 15.5. The van der Waals surface area contributed by atoms with Gasteiger partial charge in [0.2, 0.25) is 0 Å². The molecule has 0 radical (unpaired) electrons. The number of para-hydroxylation sites is 2. The second-order valence-electron chi connectivity index (χ2n) is 8.13. The van der Waals surface area contributed by atoms with E-state index in [1.807, 2.05) is 0 Å². The van der Waals surface area contributed by atoms with Crippen LogP contribution in [0.4, 0.5) is 0 Å². The number of nitrogens with one attached hydrogen (secondary N) is 2. The van der Waals surface area contributed by atoms with Crippen LogP contribution in [0.15, 0.2) is 48.5 Å². The standard InChI is InChI=1S/C20H25N3/c1-19(2)13-20(3,4)21-18(19)22-23-16-11-7-5-9-14(16)15-10-6-8-12-17(15)23/h5-12,18,21-22H,13H2,1-4H3. The summed E-state index contributed by atoms with van der Waals surface area (Å²) in [6.07, 6.45) is 1.38. The van der Waals surface area contributed by atoms with E-state index in [1.54, 1.807) is 0 Å². The lowest BCUT2D eigenvalue weighted by Gasteiger charge is -2.29. The van der Waals surface area contributed by atoms with Gasteiger partial charge in [-0.3, -0.25) is 9.99 Å². The first-order chi connectivity index (χ1) is 10.9. The monoisotopic (exact) mass is 307 g/mol. The maximum absolute atomic E-state index is 3.76. The first-order valence-corrected chi connectivity index (χ1v) is 8.40. The average Bonchev–Trinajstić information content (AvgIpc) is 2.91. The summed E-state index contributed by atoms with van der Waals surface area (Å²) in [6.45, 7) is 9.23. The molecule has 0 aliphatic carbocycles. The minimum Gasteiger partial charge on any atom is -0.307 e. The lowest BCUT2D eigenvalue weighted by Crippen LogP contribution is -2.47. The molecule has 1 aromatic heterocycles. The maximum atomic E-state index is 3.76. The number of hydrogen-bond acceptors (Lipinski definition) is 2. The van der Waals surface area contributed by atoms with Crippen molar-refractivity contribution in [1.82, 2.24) is 9.99 Å². The van der Waals surface area contributed by atoms with Gasteiger partial charge in [-0.2, -0.15) is 0 Å². The summed E-state index contributed by atoms with van der Waals surface area (Å²) in [5.74, 6) is 0. The Kier molecular flexibility index (Phi) is 3.01. The SMILES string of the molecule is CC1(C)CC(C)(C)C(Nn2c3ccccc3c3ccccc32)N1. The molecule has 0 spiro atoms. The molecule has 1 atom stereocenters. The van der Waals surface area contributed by atoms with Crippen molar-refractivity contribution in [2.75, 3.05) is 5.43 Å². The number of benzene rings is 2. The van der Waals surface area contributed by atoms with E-state index in [0.717, 1.165) is 6.42 Å². The van der Waals surface area contributed by atoms with Crippen molar-refractivity contribution in [1.29, 1.82) is 0 Å². The minimum absolute atomic E-state index is 0.153. The van der Waals surface area contributed by atoms with Gasteiger partial charge in [-0.1, -0.05) is 50.2 Å². The van der Waals surface area contributed by atoms with E-state index in [1.165, 1.54) is 21.8 Å². The van der Waals surface area contributed by atoms with Crippen LogP contribution >= 0.6 is 0 Å². The summed E-state index contributed by atoms with van der Waals surface area (Å²) in [4.78, 5) is 0. The summed E-state index contributed by atoms with van der Waals surface area (Å²) in [5, 5.41) is 6.35. The van der Waals surface area contributed by atoms with Crippen molar-refractivity contribution >= 4 is 21.8 Å². The van der Waals surface area contributed by atoms with E-state index in [9.17, 15) is 0 Å². The Labute approximate surface area is 137 Å². The summed E-state index contributed by atoms with van der Waals surface area (Å²) < 4.78 is 2.26. The normalized spacial score (nSPS) is 22.7. The van der Waals surface area contributed by atoms with Crippen molar-refractivity contribution in [2.45, 2.75) is 45.8 Å². The highest BCUT2D eigenvalue weighted by Gasteiger charge is 2.44. The van der Waals surface area contributed by atoms with Crippen molar-refractivity contribution in [3.63, 3.8) is 0 Å². The molecular formula is C20H25N3. The van der Waals surface area contributed by atoms with Crippen molar-refractivity contribution in [3.8, 4) is 0 Å². The van der Waals surface area contributed by atoms with Crippen molar-refractivity contribution < 1.29 is 0 Å². The molecule has 0 saturated carbocycles. The zero-order chi connectivity index (χ0) is 16.2. The number of fused-ring (bicyclic) bond motifs is 3. The van der Waals surface area contributed by atoms with Gasteiger partial charge in [0.15, 0.2) is 0 Å². The predicted molar refractivity (Wildman–Crippen MR) is 98.2 cm³/mol. The zero-order valence-electron chi connectivity index (χ0n) is 14.4. The molecule has 3 nitrogen and oxygen atoms in total. The van der Waals surface area contributed by atoms with Crippen LogP contribution in [-0.2, 0) is 0 Å². The molecule has 0 amide bonds. The molecule has 2 N–H and O–H groups in total. The summed E-state index contributed by atoms with van der Waals surface area (Å²) in [5.41, 5.74) is 6.57. The van der Waals surface area contributed by atoms with Crippen molar-refractivity contribution in [3.05, 3.63) is 48.5 Å². The molecule has 2 aromatic carbocycles. The molecule has 1 unspecified atom stereocenters. The summed E-state index contributed by atoms with van der Waals surface area (Å²) >= 11 is 0. The third-order valence-corrected chi connectivity index (χ3v) is 5.05. The Balaban J connectivity index is 1.85. The van der Waals surface area contributed by atoms with Crippen LogP contribution in [-0.4, -0.2) is 16.4 Å². The maximum Gasteiger partial charge on any atom is 0.0974 e. The molecule has 4 rings (SSSR count). The molecule has 1 aliphatic heterocycles. The first kappa shape index (κ1) is 14.6. The fraction of sp³-hybridized carbons (Fsp3) is 0.400. The zero-order valence-corrected chi connectivity index (χ0v) is 14.4. The van der Waals surface area contributed by atoms with Crippen LogP contribution in [0.25, 0.3) is 21.8 Å². The smallest absolute Gasteiger partial charge is 0.0974 e. The number of nitrogens with zero attached hydrogens (tertiary/aromatic N) is 1. The molecule has 1 saturated heterocycles. The van der Waals surface area contributed by atoms with Gasteiger partial charge in [0.25, 0.3) is 0 Å². The molecule has 1 fully saturated rings. The fourth-order valence-electron chi connectivity index (χ4n) is 4.28. The molecule has 23 heavy (non-hydrogen) atoms. The van der Waals surface area contributed by atoms with Crippen LogP contribution in [0.1, 0.15) is 34.1 Å². The lowest BCUT2D eigenvalue weighted by molar-refractivity contribution is 0.320. The third kappa shape index (κ3) is 2.31. The van der Waals surface area contributed by atoms with Crippen LogP contribution in [0, 0.1) is 5.41 Å². The van der Waals surface area contributed by atoms with E-state index in [4.69, 9.17) is 0 Å². The molecule has 3 aromatic rings. The van der Waals surface area contributed by atoms with E-state index >= 15 is 0 Å². The van der Waals surface area contributed by atoms with E-state index < -0.39 is 0 Å². The highest BCUT2D eigenvalue weighted by molar-refractivity contribution is 6.08. The molecule has 2 heterocycles. The summed E-state index contributed by atoms with van der Waals surface area (Å²) in [7, 11) is 0. The molecule has 3 heteroatoms. The Morgan fingerprint density at radius 1 is 0.913 bits per heavy atom. The largest absolute Gasteiger partial charge is 0.307 e. The number of hydrogen-bond donors (Lipinski definition) is 2. The van der Waals surface area contributed by atoms with Gasteiger partial charge in [-0.25, -0.2) is 0 Å². The van der Waals surface area contributed by atoms with Gasteiger partial charge in [0.05, 0.1) is 17.2 Å². The summed E-state index contributed by atoms with van der Waals surface area (Å²) in [6, 6.07) is 17.2. The molecule has 0 bridgehead atoms. The highest BCUT2D eigenvalue weighted by Crippen LogP contribution is 2.39. The average molecular weight is 307 g/mol. The van der Waals surface area contributed by atoms with Crippen LogP contribution < -0.4 is 10.7 Å². The van der Waals surface area contributed by atoms with Gasteiger partial charge in [-0.05, 0) is 32.4 Å². The van der Waals surface area contributed by atoms with Gasteiger partial charge in [0.1, 0.15) is 0 Å². The van der Waals surface area contributed by atoms with E-state index in [-0.39, 0.29) is 17.1 Å². The Morgan fingerprint density at radius 2 is 1.43 bits per heavy atom. The predicted octanol–water partition coefficient (Wildman–Crippen LogP) is 4.46. The number of rotatable bonds is 2. The quantitative estimate of drug-likeness (QED) is 0.732. The fourth-order valence-corrected chi connectivity index (χ4v) is 4.28. The van der Waals surface area contributed by atoms with Gasteiger partial charge >= 0.3 is 0 Å². The second kappa shape index (κ2) is 4.75. The second-order valence-corrected chi connectivity index (χ2v) is 8.13. The van der Waals surface area contributed by atoms with Crippen molar-refractivity contribution in [2.24, 2.45) is 5.41 Å². The van der Waals surface area contributed by atoms with E-state index in [0.29, 0.717) is 0 Å². The minimum atomic E-state index is 0.153. The first-order valence-electron chi connectivity index (χ1n) is 8.40. The number of aromatic nitrogens is 1. The van der Waals surface area contributed by atoms with Crippen LogP contribution in [0.5, 0.6) is 0 Å². The lowest BCUT2D eigenvalue weighted by atomic mass is 9.84. The van der Waals surface area contributed by atoms with E-state index in [2.05, 4.69) is 91.6 Å². The van der Waals surface area contributed by atoms with Crippen LogP contribution in [0.2, 0.25) is 0 Å². The molecule has 120 valence electrons. The van der Waals surface area contributed by atoms with Crippen LogP contribution in [0.3, 0.4) is 0 Å². The molecule has 1 aliphatic rings.